The number of benzene rings is 5. The summed E-state index contributed by atoms with van der Waals surface area (Å²) in [4.78, 5) is 5.19. The molecule has 42 heavy (non-hydrogen) atoms. The van der Waals surface area contributed by atoms with Crippen molar-refractivity contribution in [1.29, 1.82) is 0 Å². The summed E-state index contributed by atoms with van der Waals surface area (Å²) < 4.78 is 0. The average Bonchev–Trinajstić information content (AvgIpc) is 3.73. The van der Waals surface area contributed by atoms with Crippen molar-refractivity contribution in [3.63, 3.8) is 0 Å². The molecule has 5 aromatic carbocycles. The van der Waals surface area contributed by atoms with E-state index in [9.17, 15) is 0 Å². The van der Waals surface area contributed by atoms with Crippen LogP contribution in [0.5, 0.6) is 0 Å². The molecule has 9 rings (SSSR count). The van der Waals surface area contributed by atoms with Gasteiger partial charge in [-0.1, -0.05) is 97.1 Å². The normalized spacial score (nSPS) is 18.7. The van der Waals surface area contributed by atoms with Gasteiger partial charge >= 0.3 is 0 Å². The van der Waals surface area contributed by atoms with Crippen LogP contribution < -0.4 is 0 Å². The van der Waals surface area contributed by atoms with Crippen LogP contribution in [-0.4, -0.2) is 20.4 Å². The van der Waals surface area contributed by atoms with Gasteiger partial charge in [-0.3, -0.25) is 5.10 Å². The van der Waals surface area contributed by atoms with E-state index in [4.69, 9.17) is 5.10 Å². The zero-order chi connectivity index (χ0) is 27.8. The van der Waals surface area contributed by atoms with Gasteiger partial charge in [0.1, 0.15) is 5.69 Å². The van der Waals surface area contributed by atoms with Gasteiger partial charge in [-0.25, -0.2) is 0 Å². The summed E-state index contributed by atoms with van der Waals surface area (Å²) in [5, 5.41) is 10.8. The molecule has 200 valence electrons. The van der Waals surface area contributed by atoms with Gasteiger partial charge in [-0.05, 0) is 65.1 Å². The van der Waals surface area contributed by atoms with E-state index in [1.807, 2.05) is 11.8 Å². The SMILES string of the molecule is CC12c3cc(-c4cc(-c5ccccc5)ccc4-c4n[nH]c5ccccc45)ccc3SC1C=Cc1c2[nH]c2ccccc12. The van der Waals surface area contributed by atoms with E-state index in [1.54, 1.807) is 0 Å². The molecule has 1 aliphatic heterocycles. The number of aromatic amines is 2. The maximum absolute atomic E-state index is 4.82. The minimum Gasteiger partial charge on any atom is -0.357 e. The number of fused-ring (bicyclic) bond motifs is 8. The fourth-order valence-corrected chi connectivity index (χ4v) is 8.48. The summed E-state index contributed by atoms with van der Waals surface area (Å²) in [6.07, 6.45) is 4.73. The molecular weight excluding hydrogens is 531 g/mol. The van der Waals surface area contributed by atoms with E-state index in [1.165, 1.54) is 54.9 Å². The molecule has 0 amide bonds. The lowest BCUT2D eigenvalue weighted by molar-refractivity contribution is 0.579. The van der Waals surface area contributed by atoms with Crippen molar-refractivity contribution in [1.82, 2.24) is 15.2 Å². The van der Waals surface area contributed by atoms with Gasteiger partial charge in [0, 0.05) is 48.7 Å². The first-order valence-corrected chi connectivity index (χ1v) is 15.3. The standard InChI is InChI=1S/C38H27N3S/c1-38-31-22-25(16-19-34(31)42-35(38)20-18-28-26-11-5-7-13-32(26)39-37(28)38)30-21-24(23-9-3-2-4-10-23)15-17-27(30)36-29-12-6-8-14-33(29)40-41-36/h2-22,35,39H,1H3,(H,40,41). The van der Waals surface area contributed by atoms with Crippen LogP contribution in [0, 0.1) is 0 Å². The molecule has 0 radical (unpaired) electrons. The molecule has 2 N–H and O–H groups in total. The third-order valence-electron chi connectivity index (χ3n) is 9.23. The second-order valence-corrected chi connectivity index (χ2v) is 12.7. The molecule has 2 aromatic heterocycles. The molecule has 1 aliphatic carbocycles. The molecule has 0 saturated carbocycles. The minimum absolute atomic E-state index is 0.157. The van der Waals surface area contributed by atoms with Crippen molar-refractivity contribution < 1.29 is 0 Å². The van der Waals surface area contributed by atoms with E-state index < -0.39 is 0 Å². The predicted octanol–water partition coefficient (Wildman–Crippen LogP) is 9.85. The molecular formula is C38H27N3S. The molecule has 0 spiro atoms. The average molecular weight is 558 g/mol. The molecule has 2 atom stereocenters. The maximum Gasteiger partial charge on any atom is 0.101 e. The number of thioether (sulfide) groups is 1. The van der Waals surface area contributed by atoms with E-state index in [2.05, 4.69) is 144 Å². The second-order valence-electron chi connectivity index (χ2n) is 11.5. The number of para-hydroxylation sites is 2. The van der Waals surface area contributed by atoms with Crippen molar-refractivity contribution in [2.45, 2.75) is 22.5 Å². The third-order valence-corrected chi connectivity index (χ3v) is 10.7. The Hall–Kier alpha value is -4.80. The molecule has 2 aliphatic rings. The summed E-state index contributed by atoms with van der Waals surface area (Å²) in [7, 11) is 0. The fourth-order valence-electron chi connectivity index (χ4n) is 7.02. The van der Waals surface area contributed by atoms with E-state index >= 15 is 0 Å². The lowest BCUT2D eigenvalue weighted by atomic mass is 9.72. The number of hydrogen-bond acceptors (Lipinski definition) is 2. The highest BCUT2D eigenvalue weighted by atomic mass is 32.2. The van der Waals surface area contributed by atoms with Crippen molar-refractivity contribution in [3.05, 3.63) is 138 Å². The Morgan fingerprint density at radius 1 is 0.690 bits per heavy atom. The Morgan fingerprint density at radius 2 is 1.45 bits per heavy atom. The molecule has 4 heteroatoms. The first kappa shape index (κ1) is 23.9. The van der Waals surface area contributed by atoms with Crippen molar-refractivity contribution in [3.8, 4) is 33.5 Å². The van der Waals surface area contributed by atoms with Crippen LogP contribution in [0.1, 0.15) is 23.7 Å². The Labute approximate surface area is 248 Å². The number of hydrogen-bond donors (Lipinski definition) is 2. The fraction of sp³-hybridized carbons (Fsp3) is 0.0789. The number of H-pyrrole nitrogens is 2. The number of nitrogens with zero attached hydrogens (tertiary/aromatic N) is 1. The van der Waals surface area contributed by atoms with Gasteiger partial charge in [0.2, 0.25) is 0 Å². The summed E-state index contributed by atoms with van der Waals surface area (Å²) in [6.45, 7) is 2.42. The van der Waals surface area contributed by atoms with Gasteiger partial charge < -0.3 is 4.98 Å². The maximum atomic E-state index is 4.82. The largest absolute Gasteiger partial charge is 0.357 e. The van der Waals surface area contributed by atoms with Crippen LogP contribution in [0.4, 0.5) is 0 Å². The monoisotopic (exact) mass is 557 g/mol. The molecule has 3 heterocycles. The summed E-state index contributed by atoms with van der Waals surface area (Å²) in [6, 6.07) is 41.6. The first-order chi connectivity index (χ1) is 20.7. The van der Waals surface area contributed by atoms with Crippen molar-refractivity contribution in [2.75, 3.05) is 0 Å². The zero-order valence-electron chi connectivity index (χ0n) is 23.1. The Kier molecular flexibility index (Phi) is 5.03. The highest BCUT2D eigenvalue weighted by molar-refractivity contribution is 8.00. The lowest BCUT2D eigenvalue weighted by Crippen LogP contribution is -2.33. The topological polar surface area (TPSA) is 44.5 Å². The summed E-state index contributed by atoms with van der Waals surface area (Å²) >= 11 is 1.98. The summed E-state index contributed by atoms with van der Waals surface area (Å²) in [5.41, 5.74) is 13.0. The van der Waals surface area contributed by atoms with Crippen molar-refractivity contribution in [2.24, 2.45) is 0 Å². The van der Waals surface area contributed by atoms with E-state index in [0.717, 1.165) is 22.2 Å². The van der Waals surface area contributed by atoms with Crippen LogP contribution in [0.15, 0.2) is 126 Å². The summed E-state index contributed by atoms with van der Waals surface area (Å²) in [5.74, 6) is 0. The van der Waals surface area contributed by atoms with Gasteiger partial charge in [-0.15, -0.1) is 11.8 Å². The number of rotatable bonds is 3. The van der Waals surface area contributed by atoms with E-state index in [-0.39, 0.29) is 5.41 Å². The second kappa shape index (κ2) is 8.85. The van der Waals surface area contributed by atoms with Crippen LogP contribution in [0.3, 0.4) is 0 Å². The predicted molar refractivity (Wildman–Crippen MR) is 176 cm³/mol. The van der Waals surface area contributed by atoms with Gasteiger partial charge in [0.05, 0.1) is 5.52 Å². The molecule has 2 unspecified atom stereocenters. The van der Waals surface area contributed by atoms with E-state index in [0.29, 0.717) is 5.25 Å². The Morgan fingerprint density at radius 3 is 2.33 bits per heavy atom. The number of aromatic nitrogens is 3. The molecule has 7 aromatic rings. The highest BCUT2D eigenvalue weighted by Crippen LogP contribution is 2.57. The first-order valence-electron chi connectivity index (χ1n) is 14.4. The van der Waals surface area contributed by atoms with Crippen LogP contribution >= 0.6 is 11.8 Å². The molecule has 0 fully saturated rings. The number of nitrogens with one attached hydrogen (secondary N) is 2. The Balaban J connectivity index is 1.27. The van der Waals surface area contributed by atoms with Crippen molar-refractivity contribution >= 4 is 39.6 Å². The van der Waals surface area contributed by atoms with Gasteiger partial charge in [0.15, 0.2) is 0 Å². The lowest BCUT2D eigenvalue weighted by Gasteiger charge is -2.33. The third kappa shape index (κ3) is 3.33. The van der Waals surface area contributed by atoms with Crippen LogP contribution in [0.25, 0.3) is 61.4 Å². The highest BCUT2D eigenvalue weighted by Gasteiger charge is 2.48. The Bertz CT molecular complexity index is 2200. The smallest absolute Gasteiger partial charge is 0.101 e. The molecule has 0 saturated heterocycles. The molecule has 3 nitrogen and oxygen atoms in total. The zero-order valence-corrected chi connectivity index (χ0v) is 23.9. The van der Waals surface area contributed by atoms with Gasteiger partial charge in [0.25, 0.3) is 0 Å². The molecule has 0 bridgehead atoms. The van der Waals surface area contributed by atoms with Crippen LogP contribution in [0.2, 0.25) is 0 Å². The van der Waals surface area contributed by atoms with Crippen LogP contribution in [-0.2, 0) is 5.41 Å². The quantitative estimate of drug-likeness (QED) is 0.227. The van der Waals surface area contributed by atoms with Gasteiger partial charge in [-0.2, -0.15) is 5.10 Å². The minimum atomic E-state index is -0.157.